The molecule has 0 spiro atoms. The first-order valence-corrected chi connectivity index (χ1v) is 10.6. The number of piperidine rings is 2. The van der Waals surface area contributed by atoms with Crippen LogP contribution in [0.2, 0.25) is 0 Å². The second kappa shape index (κ2) is 10.5. The Bertz CT molecular complexity index is 717. The molecule has 7 heteroatoms. The lowest BCUT2D eigenvalue weighted by molar-refractivity contribution is -0.145. The minimum atomic E-state index is -0.140. The van der Waals surface area contributed by atoms with E-state index in [-0.39, 0.29) is 12.1 Å². The zero-order chi connectivity index (χ0) is 20.6. The molecule has 2 aliphatic heterocycles. The van der Waals surface area contributed by atoms with Crippen molar-refractivity contribution in [2.75, 3.05) is 56.6 Å². The molecule has 2 saturated heterocycles. The van der Waals surface area contributed by atoms with Gasteiger partial charge < -0.3 is 20.1 Å². The van der Waals surface area contributed by atoms with Crippen LogP contribution in [0.1, 0.15) is 38.2 Å². The molecule has 7 nitrogen and oxygen atoms in total. The van der Waals surface area contributed by atoms with E-state index in [9.17, 15) is 10.1 Å². The van der Waals surface area contributed by atoms with Gasteiger partial charge in [-0.2, -0.15) is 5.26 Å². The summed E-state index contributed by atoms with van der Waals surface area (Å²) in [6, 6.07) is 7.82. The fourth-order valence-corrected chi connectivity index (χ4v) is 4.15. The van der Waals surface area contributed by atoms with Gasteiger partial charge in [-0.3, -0.25) is 9.69 Å². The fraction of sp³-hybridized carbons (Fsp3) is 0.636. The Kier molecular flexibility index (Phi) is 7.73. The van der Waals surface area contributed by atoms with Crippen LogP contribution in [0.25, 0.3) is 0 Å². The molecule has 2 fully saturated rings. The van der Waals surface area contributed by atoms with Gasteiger partial charge in [-0.1, -0.05) is 0 Å². The van der Waals surface area contributed by atoms with Crippen molar-refractivity contribution in [2.45, 2.75) is 38.7 Å². The van der Waals surface area contributed by atoms with Gasteiger partial charge in [0.1, 0.15) is 6.07 Å². The molecule has 0 aliphatic carbocycles. The van der Waals surface area contributed by atoms with Crippen LogP contribution in [-0.4, -0.2) is 62.9 Å². The van der Waals surface area contributed by atoms with Gasteiger partial charge in [0.2, 0.25) is 0 Å². The van der Waals surface area contributed by atoms with Gasteiger partial charge in [-0.25, -0.2) is 0 Å². The molecular weight excluding hydrogens is 368 g/mol. The van der Waals surface area contributed by atoms with Crippen molar-refractivity contribution in [2.24, 2.45) is 5.92 Å². The molecule has 0 saturated carbocycles. The average molecular weight is 401 g/mol. The highest BCUT2D eigenvalue weighted by molar-refractivity contribution is 5.71. The number of carbonyl (C=O) groups is 1. The molecule has 0 aromatic heterocycles. The number of nitrogens with zero attached hydrogens (tertiary/aromatic N) is 3. The maximum atomic E-state index is 11.6. The number of hydrogen-bond acceptors (Lipinski definition) is 7. The molecule has 2 heterocycles. The molecule has 3 rings (SSSR count). The van der Waals surface area contributed by atoms with Crippen molar-refractivity contribution in [3.8, 4) is 6.07 Å². The summed E-state index contributed by atoms with van der Waals surface area (Å²) >= 11 is 0. The van der Waals surface area contributed by atoms with Crippen molar-refractivity contribution in [3.63, 3.8) is 0 Å². The van der Waals surface area contributed by atoms with Gasteiger partial charge in [0.15, 0.2) is 0 Å². The molecular formula is C22H32N4O3. The van der Waals surface area contributed by atoms with E-state index in [4.69, 9.17) is 15.2 Å². The Morgan fingerprint density at radius 1 is 1.21 bits per heavy atom. The van der Waals surface area contributed by atoms with Crippen LogP contribution in [0.15, 0.2) is 18.2 Å². The van der Waals surface area contributed by atoms with Gasteiger partial charge in [-0.15, -0.1) is 0 Å². The Balaban J connectivity index is 1.37. The molecule has 0 radical (unpaired) electrons. The Hall–Kier alpha value is -2.30. The average Bonchev–Trinajstić information content (AvgIpc) is 2.74. The van der Waals surface area contributed by atoms with Crippen molar-refractivity contribution in [3.05, 3.63) is 23.8 Å². The topological polar surface area (TPSA) is 91.8 Å². The normalized spacial score (nSPS) is 19.1. The number of nitrogen functional groups attached to an aromatic ring is 1. The number of benzene rings is 1. The Morgan fingerprint density at radius 3 is 2.59 bits per heavy atom. The molecule has 1 aromatic rings. The maximum absolute atomic E-state index is 11.6. The third-order valence-electron chi connectivity index (χ3n) is 5.86. The molecule has 0 unspecified atom stereocenters. The first-order valence-electron chi connectivity index (χ1n) is 10.6. The number of likely N-dealkylation sites (tertiary alicyclic amines) is 1. The van der Waals surface area contributed by atoms with E-state index in [2.05, 4.69) is 15.9 Å². The number of ether oxygens (including phenoxy) is 2. The number of esters is 1. The van der Waals surface area contributed by atoms with E-state index in [1.165, 1.54) is 0 Å². The fourth-order valence-electron chi connectivity index (χ4n) is 4.15. The van der Waals surface area contributed by atoms with Gasteiger partial charge in [-0.05, 0) is 56.7 Å². The molecule has 0 atom stereocenters. The molecule has 2 N–H and O–H groups in total. The summed E-state index contributed by atoms with van der Waals surface area (Å²) in [4.78, 5) is 16.0. The van der Waals surface area contributed by atoms with Crippen LogP contribution in [0.5, 0.6) is 0 Å². The predicted octanol–water partition coefficient (Wildman–Crippen LogP) is 2.40. The zero-order valence-corrected chi connectivity index (χ0v) is 17.3. The first kappa shape index (κ1) is 21.4. The summed E-state index contributed by atoms with van der Waals surface area (Å²) in [5, 5.41) is 9.37. The summed E-state index contributed by atoms with van der Waals surface area (Å²) in [6.07, 6.45) is 4.35. The third-order valence-corrected chi connectivity index (χ3v) is 5.86. The Labute approximate surface area is 173 Å². The van der Waals surface area contributed by atoms with E-state index in [0.717, 1.165) is 64.2 Å². The standard InChI is InChI=1S/C22H32N4O3/c1-2-28-22(27)15-25-9-7-20(8-10-25)29-16-17-5-11-26(12-6-17)21-4-3-19(24)13-18(21)14-23/h3-4,13,17,20H,2,5-12,15-16,24H2,1H3. The highest BCUT2D eigenvalue weighted by Gasteiger charge is 2.25. The van der Waals surface area contributed by atoms with Crippen LogP contribution in [0.3, 0.4) is 0 Å². The minimum absolute atomic E-state index is 0.140. The SMILES string of the molecule is CCOC(=O)CN1CCC(OCC2CCN(c3ccc(N)cc3C#N)CC2)CC1. The molecule has 0 amide bonds. The number of nitrogens with two attached hydrogens (primary N) is 1. The summed E-state index contributed by atoms with van der Waals surface area (Å²) in [7, 11) is 0. The second-order valence-electron chi connectivity index (χ2n) is 7.93. The van der Waals surface area contributed by atoms with Crippen molar-refractivity contribution >= 4 is 17.3 Å². The van der Waals surface area contributed by atoms with Crippen LogP contribution in [-0.2, 0) is 14.3 Å². The molecule has 2 aliphatic rings. The number of hydrogen-bond donors (Lipinski definition) is 1. The van der Waals surface area contributed by atoms with Crippen LogP contribution in [0, 0.1) is 17.2 Å². The van der Waals surface area contributed by atoms with Crippen molar-refractivity contribution in [1.82, 2.24) is 4.90 Å². The number of carbonyl (C=O) groups excluding carboxylic acids is 1. The second-order valence-corrected chi connectivity index (χ2v) is 7.93. The highest BCUT2D eigenvalue weighted by Crippen LogP contribution is 2.28. The highest BCUT2D eigenvalue weighted by atomic mass is 16.5. The number of nitriles is 1. The van der Waals surface area contributed by atoms with Gasteiger partial charge >= 0.3 is 5.97 Å². The van der Waals surface area contributed by atoms with Crippen LogP contribution >= 0.6 is 0 Å². The summed E-state index contributed by atoms with van der Waals surface area (Å²) in [5.74, 6) is 0.419. The number of anilines is 2. The quantitative estimate of drug-likeness (QED) is 0.555. The lowest BCUT2D eigenvalue weighted by atomic mass is 9.96. The molecule has 0 bridgehead atoms. The third kappa shape index (κ3) is 6.09. The minimum Gasteiger partial charge on any atom is -0.465 e. The first-order chi connectivity index (χ1) is 14.1. The van der Waals surface area contributed by atoms with E-state index >= 15 is 0 Å². The van der Waals surface area contributed by atoms with Gasteiger partial charge in [0, 0.05) is 38.5 Å². The molecule has 158 valence electrons. The smallest absolute Gasteiger partial charge is 0.320 e. The van der Waals surface area contributed by atoms with Gasteiger partial charge in [0.25, 0.3) is 0 Å². The van der Waals surface area contributed by atoms with Crippen LogP contribution in [0.4, 0.5) is 11.4 Å². The maximum Gasteiger partial charge on any atom is 0.320 e. The Morgan fingerprint density at radius 2 is 1.93 bits per heavy atom. The number of rotatable bonds is 7. The van der Waals surface area contributed by atoms with E-state index in [1.807, 2.05) is 19.1 Å². The molecule has 29 heavy (non-hydrogen) atoms. The zero-order valence-electron chi connectivity index (χ0n) is 17.3. The van der Waals surface area contributed by atoms with Crippen LogP contribution < -0.4 is 10.6 Å². The lowest BCUT2D eigenvalue weighted by Crippen LogP contribution is -2.41. The van der Waals surface area contributed by atoms with E-state index in [1.54, 1.807) is 6.07 Å². The lowest BCUT2D eigenvalue weighted by Gasteiger charge is -2.36. The largest absolute Gasteiger partial charge is 0.465 e. The predicted molar refractivity (Wildman–Crippen MR) is 113 cm³/mol. The van der Waals surface area contributed by atoms with E-state index in [0.29, 0.717) is 30.3 Å². The molecule has 1 aromatic carbocycles. The summed E-state index contributed by atoms with van der Waals surface area (Å²) in [5.41, 5.74) is 8.05. The monoisotopic (exact) mass is 400 g/mol. The summed E-state index contributed by atoms with van der Waals surface area (Å²) in [6.45, 7) is 7.09. The summed E-state index contributed by atoms with van der Waals surface area (Å²) < 4.78 is 11.2. The van der Waals surface area contributed by atoms with E-state index < -0.39 is 0 Å². The van der Waals surface area contributed by atoms with Gasteiger partial charge in [0.05, 0.1) is 30.5 Å². The van der Waals surface area contributed by atoms with Crippen molar-refractivity contribution in [1.29, 1.82) is 5.26 Å². The van der Waals surface area contributed by atoms with Crippen molar-refractivity contribution < 1.29 is 14.3 Å².